The molecule has 0 saturated carbocycles. The van der Waals surface area contributed by atoms with E-state index >= 15 is 0 Å². The molecule has 0 unspecified atom stereocenters. The van der Waals surface area contributed by atoms with E-state index in [-0.39, 0.29) is 0 Å². The first-order valence-corrected chi connectivity index (χ1v) is 7.62. The molecule has 5 nitrogen and oxygen atoms in total. The predicted octanol–water partition coefficient (Wildman–Crippen LogP) is 0.782. The molecule has 0 atom stereocenters. The van der Waals surface area contributed by atoms with Crippen LogP contribution in [0.25, 0.3) is 0 Å². The third-order valence-corrected chi connectivity index (χ3v) is 5.11. The van der Waals surface area contributed by atoms with Gasteiger partial charge in [-0.1, -0.05) is 0 Å². The van der Waals surface area contributed by atoms with Crippen LogP contribution in [0, 0.1) is 0 Å². The summed E-state index contributed by atoms with van der Waals surface area (Å²) in [5.41, 5.74) is 0. The average Bonchev–Trinajstić information content (AvgIpc) is 2.74. The van der Waals surface area contributed by atoms with Gasteiger partial charge in [-0.05, 0) is 25.6 Å². The zero-order chi connectivity index (χ0) is 12.7. The highest BCUT2D eigenvalue weighted by molar-refractivity contribution is 7.91. The summed E-state index contributed by atoms with van der Waals surface area (Å²) < 4.78 is 31.5. The molecule has 0 amide bonds. The van der Waals surface area contributed by atoms with Crippen LogP contribution in [-0.4, -0.2) is 35.7 Å². The summed E-state index contributed by atoms with van der Waals surface area (Å²) in [5.74, 6) is 0. The van der Waals surface area contributed by atoms with Crippen molar-refractivity contribution >= 4 is 21.4 Å². The second kappa shape index (κ2) is 7.07. The maximum absolute atomic E-state index is 11.9. The van der Waals surface area contributed by atoms with Crippen molar-refractivity contribution in [2.24, 2.45) is 0 Å². The summed E-state index contributed by atoms with van der Waals surface area (Å²) in [4.78, 5) is 1.00. The van der Waals surface area contributed by atoms with E-state index in [0.717, 1.165) is 4.88 Å². The highest BCUT2D eigenvalue weighted by atomic mass is 32.2. The van der Waals surface area contributed by atoms with Crippen LogP contribution in [0.5, 0.6) is 0 Å². The van der Waals surface area contributed by atoms with Crippen LogP contribution in [0.1, 0.15) is 11.3 Å². The molecule has 1 heterocycles. The van der Waals surface area contributed by atoms with Gasteiger partial charge in [-0.15, -0.1) is 11.3 Å². The molecule has 0 bridgehead atoms. The van der Waals surface area contributed by atoms with Crippen molar-refractivity contribution in [2.75, 3.05) is 27.3 Å². The SMILES string of the molecule is CNCc1ccc(S(=O)(=O)NCCCOC)s1. The molecule has 0 spiro atoms. The maximum atomic E-state index is 11.9. The first-order chi connectivity index (χ1) is 8.10. The van der Waals surface area contributed by atoms with Crippen LogP contribution < -0.4 is 10.0 Å². The minimum absolute atomic E-state index is 0.361. The van der Waals surface area contributed by atoms with Crippen LogP contribution in [0.2, 0.25) is 0 Å². The highest BCUT2D eigenvalue weighted by Gasteiger charge is 2.15. The Bertz CT molecular complexity index is 429. The Kier molecular flexibility index (Phi) is 6.07. The molecule has 0 saturated heterocycles. The van der Waals surface area contributed by atoms with Gasteiger partial charge in [0, 0.05) is 31.7 Å². The molecule has 1 aromatic rings. The van der Waals surface area contributed by atoms with E-state index in [1.54, 1.807) is 13.2 Å². The number of nitrogens with one attached hydrogen (secondary N) is 2. The molecular formula is C10H18N2O3S2. The third-order valence-electron chi connectivity index (χ3n) is 2.07. The molecule has 2 N–H and O–H groups in total. The zero-order valence-corrected chi connectivity index (χ0v) is 11.7. The number of ether oxygens (including phenoxy) is 1. The summed E-state index contributed by atoms with van der Waals surface area (Å²) in [7, 11) is 0.0722. The number of thiophene rings is 1. The quantitative estimate of drug-likeness (QED) is 0.690. The fourth-order valence-electron chi connectivity index (χ4n) is 1.27. The summed E-state index contributed by atoms with van der Waals surface area (Å²) in [6.45, 7) is 1.64. The van der Waals surface area contributed by atoms with Crippen LogP contribution in [0.3, 0.4) is 0 Å². The molecule has 7 heteroatoms. The van der Waals surface area contributed by atoms with E-state index in [4.69, 9.17) is 4.74 Å². The zero-order valence-electron chi connectivity index (χ0n) is 10.0. The van der Waals surface area contributed by atoms with Gasteiger partial charge in [0.15, 0.2) is 0 Å². The largest absolute Gasteiger partial charge is 0.385 e. The molecule has 1 aromatic heterocycles. The lowest BCUT2D eigenvalue weighted by Gasteiger charge is -2.03. The molecule has 98 valence electrons. The van der Waals surface area contributed by atoms with E-state index in [2.05, 4.69) is 10.0 Å². The van der Waals surface area contributed by atoms with E-state index in [0.29, 0.717) is 30.3 Å². The molecule has 0 fully saturated rings. The number of methoxy groups -OCH3 is 1. The fraction of sp³-hybridized carbons (Fsp3) is 0.600. The van der Waals surface area contributed by atoms with Gasteiger partial charge in [-0.25, -0.2) is 13.1 Å². The van der Waals surface area contributed by atoms with E-state index in [1.807, 2.05) is 13.1 Å². The van der Waals surface area contributed by atoms with E-state index in [1.165, 1.54) is 11.3 Å². The van der Waals surface area contributed by atoms with Crippen molar-refractivity contribution in [3.8, 4) is 0 Å². The van der Waals surface area contributed by atoms with Crippen molar-refractivity contribution in [1.82, 2.24) is 10.0 Å². The third kappa shape index (κ3) is 4.72. The first-order valence-electron chi connectivity index (χ1n) is 5.32. The van der Waals surface area contributed by atoms with Crippen molar-refractivity contribution < 1.29 is 13.2 Å². The maximum Gasteiger partial charge on any atom is 0.250 e. The summed E-state index contributed by atoms with van der Waals surface area (Å²) in [6.07, 6.45) is 0.671. The van der Waals surface area contributed by atoms with Crippen molar-refractivity contribution in [3.05, 3.63) is 17.0 Å². The van der Waals surface area contributed by atoms with Gasteiger partial charge in [-0.3, -0.25) is 0 Å². The Morgan fingerprint density at radius 3 is 2.82 bits per heavy atom. The topological polar surface area (TPSA) is 67.4 Å². The molecule has 0 aliphatic rings. The number of hydrogen-bond acceptors (Lipinski definition) is 5. The normalized spacial score (nSPS) is 11.9. The number of rotatable bonds is 8. The lowest BCUT2D eigenvalue weighted by molar-refractivity contribution is 0.196. The summed E-state index contributed by atoms with van der Waals surface area (Å²) >= 11 is 1.28. The second-order valence-electron chi connectivity index (χ2n) is 3.50. The Hall–Kier alpha value is -0.470. The lowest BCUT2D eigenvalue weighted by atomic mass is 10.5. The molecule has 0 radical (unpaired) electrons. The molecule has 17 heavy (non-hydrogen) atoms. The Balaban J connectivity index is 2.56. The van der Waals surface area contributed by atoms with Gasteiger partial charge < -0.3 is 10.1 Å². The number of sulfonamides is 1. The second-order valence-corrected chi connectivity index (χ2v) is 6.66. The predicted molar refractivity (Wildman–Crippen MR) is 68.8 cm³/mol. The standard InChI is InChI=1S/C10H18N2O3S2/c1-11-8-9-4-5-10(16-9)17(13,14)12-6-3-7-15-2/h4-5,11-12H,3,6-8H2,1-2H3. The smallest absolute Gasteiger partial charge is 0.250 e. The minimum atomic E-state index is -3.35. The molecule has 0 aromatic carbocycles. The molecule has 1 rings (SSSR count). The van der Waals surface area contributed by atoms with Crippen LogP contribution >= 0.6 is 11.3 Å². The molecule has 0 aliphatic carbocycles. The summed E-state index contributed by atoms with van der Waals surface area (Å²) in [6, 6.07) is 3.46. The van der Waals surface area contributed by atoms with Gasteiger partial charge in [0.2, 0.25) is 10.0 Å². The monoisotopic (exact) mass is 278 g/mol. The van der Waals surface area contributed by atoms with Crippen LogP contribution in [0.15, 0.2) is 16.3 Å². The molecular weight excluding hydrogens is 260 g/mol. The fourth-order valence-corrected chi connectivity index (χ4v) is 3.75. The van der Waals surface area contributed by atoms with Gasteiger partial charge in [0.05, 0.1) is 0 Å². The Morgan fingerprint density at radius 2 is 2.18 bits per heavy atom. The first kappa shape index (κ1) is 14.6. The average molecular weight is 278 g/mol. The van der Waals surface area contributed by atoms with Crippen LogP contribution in [0.4, 0.5) is 0 Å². The van der Waals surface area contributed by atoms with Gasteiger partial charge in [0.1, 0.15) is 4.21 Å². The Labute approximate surface area is 106 Å². The van der Waals surface area contributed by atoms with Crippen molar-refractivity contribution in [2.45, 2.75) is 17.2 Å². The van der Waals surface area contributed by atoms with Gasteiger partial charge >= 0.3 is 0 Å². The van der Waals surface area contributed by atoms with Gasteiger partial charge in [-0.2, -0.15) is 0 Å². The van der Waals surface area contributed by atoms with Crippen molar-refractivity contribution in [1.29, 1.82) is 0 Å². The Morgan fingerprint density at radius 1 is 1.41 bits per heavy atom. The number of hydrogen-bond donors (Lipinski definition) is 2. The summed E-state index contributed by atoms with van der Waals surface area (Å²) in [5, 5.41) is 2.99. The van der Waals surface area contributed by atoms with Crippen molar-refractivity contribution in [3.63, 3.8) is 0 Å². The highest BCUT2D eigenvalue weighted by Crippen LogP contribution is 2.21. The minimum Gasteiger partial charge on any atom is -0.385 e. The lowest BCUT2D eigenvalue weighted by Crippen LogP contribution is -2.24. The van der Waals surface area contributed by atoms with Gasteiger partial charge in [0.25, 0.3) is 0 Å². The molecule has 0 aliphatic heterocycles. The van der Waals surface area contributed by atoms with Crippen LogP contribution in [-0.2, 0) is 21.3 Å². The van der Waals surface area contributed by atoms with E-state index < -0.39 is 10.0 Å². The van der Waals surface area contributed by atoms with E-state index in [9.17, 15) is 8.42 Å².